The third-order valence-corrected chi connectivity index (χ3v) is 4.72. The quantitative estimate of drug-likeness (QED) is 0.811. The van der Waals surface area contributed by atoms with Crippen LogP contribution in [0.2, 0.25) is 0 Å². The zero-order valence-electron chi connectivity index (χ0n) is 15.4. The van der Waals surface area contributed by atoms with Gasteiger partial charge >= 0.3 is 0 Å². The minimum absolute atomic E-state index is 0.0412. The number of amides is 2. The summed E-state index contributed by atoms with van der Waals surface area (Å²) in [4.78, 5) is 28.4. The number of hydrogen-bond donors (Lipinski definition) is 0. The second-order valence-electron chi connectivity index (χ2n) is 6.60. The van der Waals surface area contributed by atoms with Crippen molar-refractivity contribution in [3.05, 3.63) is 65.5 Å². The van der Waals surface area contributed by atoms with Gasteiger partial charge in [-0.25, -0.2) is 4.39 Å². The highest BCUT2D eigenvalue weighted by atomic mass is 19.1. The number of carbonyl (C=O) groups excluding carboxylic acids is 2. The predicted molar refractivity (Wildman–Crippen MR) is 100.0 cm³/mol. The fraction of sp³-hybridized carbons (Fsp3) is 0.333. The molecule has 0 aliphatic carbocycles. The Morgan fingerprint density at radius 3 is 1.93 bits per heavy atom. The van der Waals surface area contributed by atoms with Gasteiger partial charge in [-0.3, -0.25) is 9.59 Å². The molecule has 2 aromatic rings. The Balaban J connectivity index is 1.50. The number of hydrogen-bond acceptors (Lipinski definition) is 3. The molecule has 0 aromatic heterocycles. The molecule has 1 aliphatic heterocycles. The Morgan fingerprint density at radius 2 is 1.41 bits per heavy atom. The molecule has 0 bridgehead atoms. The van der Waals surface area contributed by atoms with E-state index in [4.69, 9.17) is 4.74 Å². The standard InChI is InChI=1S/C21H23FN2O3/c1-27-19-7-3-5-17(13-19)15-21(26)24-10-8-23(9-11-24)20(25)14-16-4-2-6-18(22)12-16/h2-7,12-13H,8-11,14-15H2,1H3. The normalized spacial score (nSPS) is 14.1. The lowest BCUT2D eigenvalue weighted by Crippen LogP contribution is -2.51. The SMILES string of the molecule is COc1cccc(CC(=O)N2CCN(C(=O)Cc3cccc(F)c3)CC2)c1. The van der Waals surface area contributed by atoms with E-state index in [9.17, 15) is 14.0 Å². The van der Waals surface area contributed by atoms with Gasteiger partial charge in [-0.1, -0.05) is 24.3 Å². The van der Waals surface area contributed by atoms with E-state index in [0.717, 1.165) is 11.3 Å². The molecule has 0 unspecified atom stereocenters. The van der Waals surface area contributed by atoms with Crippen LogP contribution in [0.5, 0.6) is 5.75 Å². The lowest BCUT2D eigenvalue weighted by molar-refractivity contribution is -0.138. The molecule has 1 saturated heterocycles. The topological polar surface area (TPSA) is 49.9 Å². The molecule has 1 aliphatic rings. The highest BCUT2D eigenvalue weighted by Crippen LogP contribution is 2.15. The molecule has 6 heteroatoms. The molecule has 3 rings (SSSR count). The lowest BCUT2D eigenvalue weighted by Gasteiger charge is -2.35. The van der Waals surface area contributed by atoms with Crippen LogP contribution in [0.25, 0.3) is 0 Å². The zero-order valence-corrected chi connectivity index (χ0v) is 15.4. The van der Waals surface area contributed by atoms with Crippen molar-refractivity contribution in [2.24, 2.45) is 0 Å². The Hall–Kier alpha value is -2.89. The van der Waals surface area contributed by atoms with Crippen LogP contribution in [-0.2, 0) is 22.4 Å². The summed E-state index contributed by atoms with van der Waals surface area (Å²) in [5.74, 6) is 0.391. The second kappa shape index (κ2) is 8.66. The average molecular weight is 370 g/mol. The number of ether oxygens (including phenoxy) is 1. The first kappa shape index (κ1) is 18.9. The van der Waals surface area contributed by atoms with E-state index in [1.807, 2.05) is 24.3 Å². The van der Waals surface area contributed by atoms with Crippen molar-refractivity contribution in [3.8, 4) is 5.75 Å². The van der Waals surface area contributed by atoms with Gasteiger partial charge in [0.2, 0.25) is 11.8 Å². The highest BCUT2D eigenvalue weighted by molar-refractivity contribution is 5.81. The molecule has 27 heavy (non-hydrogen) atoms. The molecule has 0 spiro atoms. The highest BCUT2D eigenvalue weighted by Gasteiger charge is 2.24. The molecule has 5 nitrogen and oxygen atoms in total. The summed E-state index contributed by atoms with van der Waals surface area (Å²) in [6, 6.07) is 13.6. The molecule has 1 fully saturated rings. The number of benzene rings is 2. The molecular formula is C21H23FN2O3. The maximum atomic E-state index is 13.2. The Labute approximate surface area is 158 Å². The van der Waals surface area contributed by atoms with Crippen LogP contribution in [0.1, 0.15) is 11.1 Å². The van der Waals surface area contributed by atoms with Gasteiger partial charge in [0.05, 0.1) is 20.0 Å². The van der Waals surface area contributed by atoms with Crippen molar-refractivity contribution in [1.82, 2.24) is 9.80 Å². The number of methoxy groups -OCH3 is 1. The maximum absolute atomic E-state index is 13.2. The summed E-state index contributed by atoms with van der Waals surface area (Å²) >= 11 is 0. The predicted octanol–water partition coefficient (Wildman–Crippen LogP) is 2.29. The number of piperazine rings is 1. The first-order valence-electron chi connectivity index (χ1n) is 8.98. The lowest BCUT2D eigenvalue weighted by atomic mass is 10.1. The fourth-order valence-electron chi connectivity index (χ4n) is 3.21. The summed E-state index contributed by atoms with van der Waals surface area (Å²) in [6.45, 7) is 2.02. The van der Waals surface area contributed by atoms with Crippen molar-refractivity contribution in [2.45, 2.75) is 12.8 Å². The van der Waals surface area contributed by atoms with Crippen molar-refractivity contribution in [2.75, 3.05) is 33.3 Å². The van der Waals surface area contributed by atoms with Gasteiger partial charge in [0, 0.05) is 26.2 Å². The van der Waals surface area contributed by atoms with E-state index in [-0.39, 0.29) is 24.1 Å². The first-order chi connectivity index (χ1) is 13.0. The van der Waals surface area contributed by atoms with Gasteiger partial charge in [0.25, 0.3) is 0 Å². The summed E-state index contributed by atoms with van der Waals surface area (Å²) in [7, 11) is 1.60. The van der Waals surface area contributed by atoms with Gasteiger partial charge in [-0.2, -0.15) is 0 Å². The van der Waals surface area contributed by atoms with E-state index in [0.29, 0.717) is 38.2 Å². The van der Waals surface area contributed by atoms with Crippen molar-refractivity contribution < 1.29 is 18.7 Å². The number of nitrogens with zero attached hydrogens (tertiary/aromatic N) is 2. The monoisotopic (exact) mass is 370 g/mol. The third kappa shape index (κ3) is 5.06. The Morgan fingerprint density at radius 1 is 0.889 bits per heavy atom. The summed E-state index contributed by atoms with van der Waals surface area (Å²) < 4.78 is 18.4. The Bertz CT molecular complexity index is 817. The van der Waals surface area contributed by atoms with Gasteiger partial charge in [-0.05, 0) is 35.4 Å². The fourth-order valence-corrected chi connectivity index (χ4v) is 3.21. The van der Waals surface area contributed by atoms with Crippen LogP contribution in [0, 0.1) is 5.82 Å². The smallest absolute Gasteiger partial charge is 0.227 e. The molecule has 0 N–H and O–H groups in total. The van der Waals surface area contributed by atoms with Gasteiger partial charge in [-0.15, -0.1) is 0 Å². The Kier molecular flexibility index (Phi) is 6.06. The molecule has 2 aromatic carbocycles. The van der Waals surface area contributed by atoms with Crippen LogP contribution >= 0.6 is 0 Å². The van der Waals surface area contributed by atoms with E-state index in [1.165, 1.54) is 12.1 Å². The van der Waals surface area contributed by atoms with Gasteiger partial charge < -0.3 is 14.5 Å². The average Bonchev–Trinajstić information content (AvgIpc) is 2.68. The minimum atomic E-state index is -0.340. The third-order valence-electron chi connectivity index (χ3n) is 4.72. The maximum Gasteiger partial charge on any atom is 0.227 e. The molecule has 1 heterocycles. The van der Waals surface area contributed by atoms with E-state index in [2.05, 4.69) is 0 Å². The zero-order chi connectivity index (χ0) is 19.2. The molecule has 0 radical (unpaired) electrons. The number of carbonyl (C=O) groups is 2. The summed E-state index contributed by atoms with van der Waals surface area (Å²) in [5, 5.41) is 0. The summed E-state index contributed by atoms with van der Waals surface area (Å²) in [5.41, 5.74) is 1.57. The van der Waals surface area contributed by atoms with Gasteiger partial charge in [0.1, 0.15) is 11.6 Å². The van der Waals surface area contributed by atoms with Crippen LogP contribution in [0.4, 0.5) is 4.39 Å². The number of halogens is 1. The largest absolute Gasteiger partial charge is 0.497 e. The minimum Gasteiger partial charge on any atom is -0.497 e. The second-order valence-corrected chi connectivity index (χ2v) is 6.60. The van der Waals surface area contributed by atoms with Crippen LogP contribution < -0.4 is 4.74 Å². The molecule has 0 saturated carbocycles. The van der Waals surface area contributed by atoms with Crippen molar-refractivity contribution in [1.29, 1.82) is 0 Å². The molecular weight excluding hydrogens is 347 g/mol. The molecule has 2 amide bonds. The van der Waals surface area contributed by atoms with E-state index >= 15 is 0 Å². The van der Waals surface area contributed by atoms with E-state index < -0.39 is 0 Å². The molecule has 142 valence electrons. The van der Waals surface area contributed by atoms with E-state index in [1.54, 1.807) is 29.0 Å². The summed E-state index contributed by atoms with van der Waals surface area (Å²) in [6.07, 6.45) is 0.490. The first-order valence-corrected chi connectivity index (χ1v) is 8.98. The van der Waals surface area contributed by atoms with Crippen molar-refractivity contribution in [3.63, 3.8) is 0 Å². The number of rotatable bonds is 5. The molecule has 0 atom stereocenters. The van der Waals surface area contributed by atoms with Crippen LogP contribution in [0.3, 0.4) is 0 Å². The van der Waals surface area contributed by atoms with Gasteiger partial charge in [0.15, 0.2) is 0 Å². The van der Waals surface area contributed by atoms with Crippen molar-refractivity contribution >= 4 is 11.8 Å². The van der Waals surface area contributed by atoms with Crippen LogP contribution in [-0.4, -0.2) is 54.9 Å². The van der Waals surface area contributed by atoms with Crippen LogP contribution in [0.15, 0.2) is 48.5 Å².